The molecular weight excluding hydrogens is 472 g/mol. The van der Waals surface area contributed by atoms with Crippen molar-refractivity contribution in [2.24, 2.45) is 0 Å². The van der Waals surface area contributed by atoms with Crippen LogP contribution in [-0.2, 0) is 9.59 Å². The number of halogens is 2. The first kappa shape index (κ1) is 23.8. The number of anilines is 1. The molecule has 6 nitrogen and oxygen atoms in total. The molecule has 0 spiro atoms. The van der Waals surface area contributed by atoms with Crippen LogP contribution >= 0.6 is 27.5 Å². The number of carbonyl (C=O) groups is 2. The first-order valence-electron chi connectivity index (χ1n) is 9.24. The predicted molar refractivity (Wildman–Crippen MR) is 123 cm³/mol. The van der Waals surface area contributed by atoms with Gasteiger partial charge in [-0.3, -0.25) is 9.59 Å². The summed E-state index contributed by atoms with van der Waals surface area (Å²) in [7, 11) is 3.08. The maximum atomic E-state index is 12.4. The molecule has 2 rings (SSSR count). The van der Waals surface area contributed by atoms with E-state index in [0.717, 1.165) is 10.0 Å². The van der Waals surface area contributed by atoms with E-state index >= 15 is 0 Å². The minimum Gasteiger partial charge on any atom is -0.491 e. The van der Waals surface area contributed by atoms with Gasteiger partial charge >= 0.3 is 0 Å². The number of nitrogens with one attached hydrogen (secondary N) is 1. The van der Waals surface area contributed by atoms with E-state index in [1.807, 2.05) is 32.0 Å². The second-order valence-corrected chi connectivity index (χ2v) is 7.83. The van der Waals surface area contributed by atoms with E-state index in [1.165, 1.54) is 18.1 Å². The molecular formula is C22H24BrClN2O4. The van der Waals surface area contributed by atoms with E-state index in [1.54, 1.807) is 25.3 Å². The van der Waals surface area contributed by atoms with Crippen molar-refractivity contribution < 1.29 is 19.1 Å². The molecule has 2 amide bonds. The highest BCUT2D eigenvalue weighted by Gasteiger charge is 2.13. The summed E-state index contributed by atoms with van der Waals surface area (Å²) >= 11 is 9.61. The number of benzene rings is 2. The van der Waals surface area contributed by atoms with Gasteiger partial charge in [0.25, 0.3) is 0 Å². The zero-order chi connectivity index (χ0) is 22.3. The Morgan fingerprint density at radius 3 is 2.63 bits per heavy atom. The fourth-order valence-electron chi connectivity index (χ4n) is 2.69. The standard InChI is InChI=1S/C22H24BrClN2O4/c1-5-30-19-12-15(11-17(24)22(19)29-4)6-9-21(28)26(3)13-20(27)25-18-8-7-16(23)10-14(18)2/h6-12H,5,13H2,1-4H3,(H,25,27)/b9-6+. The van der Waals surface area contributed by atoms with Crippen molar-refractivity contribution in [3.05, 3.63) is 57.0 Å². The largest absolute Gasteiger partial charge is 0.491 e. The van der Waals surface area contributed by atoms with Gasteiger partial charge < -0.3 is 19.7 Å². The van der Waals surface area contributed by atoms with E-state index < -0.39 is 0 Å². The lowest BCUT2D eigenvalue weighted by Crippen LogP contribution is -2.34. The van der Waals surface area contributed by atoms with Crippen LogP contribution in [0.3, 0.4) is 0 Å². The third kappa shape index (κ3) is 6.50. The summed E-state index contributed by atoms with van der Waals surface area (Å²) in [6.45, 7) is 4.13. The van der Waals surface area contributed by atoms with Gasteiger partial charge in [0.15, 0.2) is 11.5 Å². The van der Waals surface area contributed by atoms with Crippen molar-refractivity contribution in [2.45, 2.75) is 13.8 Å². The van der Waals surface area contributed by atoms with Gasteiger partial charge in [0, 0.05) is 23.3 Å². The maximum Gasteiger partial charge on any atom is 0.246 e. The van der Waals surface area contributed by atoms with Crippen molar-refractivity contribution >= 4 is 51.1 Å². The first-order valence-corrected chi connectivity index (χ1v) is 10.4. The van der Waals surface area contributed by atoms with Crippen LogP contribution in [0.1, 0.15) is 18.1 Å². The number of amides is 2. The number of nitrogens with zero attached hydrogens (tertiary/aromatic N) is 1. The first-order chi connectivity index (χ1) is 14.2. The number of methoxy groups -OCH3 is 1. The molecule has 1 N–H and O–H groups in total. The Balaban J connectivity index is 2.02. The highest BCUT2D eigenvalue weighted by Crippen LogP contribution is 2.36. The Morgan fingerprint density at radius 1 is 1.27 bits per heavy atom. The number of ether oxygens (including phenoxy) is 2. The normalized spacial score (nSPS) is 10.7. The van der Waals surface area contributed by atoms with Gasteiger partial charge in [0.1, 0.15) is 0 Å². The SMILES string of the molecule is CCOc1cc(/C=C/C(=O)N(C)CC(=O)Nc2ccc(Br)cc2C)cc(Cl)c1OC. The zero-order valence-corrected chi connectivity index (χ0v) is 19.6. The van der Waals surface area contributed by atoms with E-state index in [0.29, 0.717) is 34.4 Å². The second-order valence-electron chi connectivity index (χ2n) is 6.50. The molecule has 0 fully saturated rings. The van der Waals surface area contributed by atoms with Crippen LogP contribution in [0.2, 0.25) is 5.02 Å². The van der Waals surface area contributed by atoms with Crippen molar-refractivity contribution in [2.75, 3.05) is 32.6 Å². The molecule has 160 valence electrons. The molecule has 0 atom stereocenters. The summed E-state index contributed by atoms with van der Waals surface area (Å²) < 4.78 is 11.7. The Labute approximate surface area is 189 Å². The lowest BCUT2D eigenvalue weighted by atomic mass is 10.2. The fourth-order valence-corrected chi connectivity index (χ4v) is 3.46. The molecule has 0 radical (unpaired) electrons. The third-order valence-electron chi connectivity index (χ3n) is 4.17. The summed E-state index contributed by atoms with van der Waals surface area (Å²) in [6.07, 6.45) is 3.00. The molecule has 0 aromatic heterocycles. The Morgan fingerprint density at radius 2 is 2.00 bits per heavy atom. The fraction of sp³-hybridized carbons (Fsp3) is 0.273. The maximum absolute atomic E-state index is 12.4. The Bertz CT molecular complexity index is 962. The molecule has 0 aliphatic rings. The highest BCUT2D eigenvalue weighted by atomic mass is 79.9. The molecule has 8 heteroatoms. The van der Waals surface area contributed by atoms with Crippen molar-refractivity contribution in [1.82, 2.24) is 4.90 Å². The van der Waals surface area contributed by atoms with E-state index in [-0.39, 0.29) is 18.4 Å². The highest BCUT2D eigenvalue weighted by molar-refractivity contribution is 9.10. The van der Waals surface area contributed by atoms with Gasteiger partial charge in [-0.05, 0) is 61.4 Å². The van der Waals surface area contributed by atoms with Gasteiger partial charge in [0.2, 0.25) is 11.8 Å². The Kier molecular flexibility index (Phi) is 8.74. The van der Waals surface area contributed by atoms with E-state index in [2.05, 4.69) is 21.2 Å². The smallest absolute Gasteiger partial charge is 0.246 e. The summed E-state index contributed by atoms with van der Waals surface area (Å²) in [5.41, 5.74) is 2.31. The zero-order valence-electron chi connectivity index (χ0n) is 17.3. The number of likely N-dealkylation sites (N-methyl/N-ethyl adjacent to an activating group) is 1. The average Bonchev–Trinajstić information content (AvgIpc) is 2.68. The third-order valence-corrected chi connectivity index (χ3v) is 4.95. The van der Waals surface area contributed by atoms with Gasteiger partial charge in [-0.15, -0.1) is 0 Å². The van der Waals surface area contributed by atoms with Crippen molar-refractivity contribution in [3.8, 4) is 11.5 Å². The number of rotatable bonds is 8. The number of hydrogen-bond donors (Lipinski definition) is 1. The van der Waals surface area contributed by atoms with Gasteiger partial charge in [-0.25, -0.2) is 0 Å². The summed E-state index contributed by atoms with van der Waals surface area (Å²) in [4.78, 5) is 26.0. The van der Waals surface area contributed by atoms with E-state index in [4.69, 9.17) is 21.1 Å². The van der Waals surface area contributed by atoms with Crippen LogP contribution in [0.5, 0.6) is 11.5 Å². The van der Waals surface area contributed by atoms with Crippen LogP contribution < -0.4 is 14.8 Å². The minimum absolute atomic E-state index is 0.0771. The Hall–Kier alpha value is -2.51. The molecule has 0 aliphatic carbocycles. The minimum atomic E-state index is -0.317. The lowest BCUT2D eigenvalue weighted by Gasteiger charge is -2.16. The van der Waals surface area contributed by atoms with E-state index in [9.17, 15) is 9.59 Å². The predicted octanol–water partition coefficient (Wildman–Crippen LogP) is 4.93. The molecule has 30 heavy (non-hydrogen) atoms. The quantitative estimate of drug-likeness (QED) is 0.527. The van der Waals surface area contributed by atoms with Crippen LogP contribution in [0.4, 0.5) is 5.69 Å². The van der Waals surface area contributed by atoms with Crippen LogP contribution in [0.15, 0.2) is 40.9 Å². The van der Waals surface area contributed by atoms with Crippen molar-refractivity contribution in [1.29, 1.82) is 0 Å². The number of aryl methyl sites for hydroxylation is 1. The molecule has 0 bridgehead atoms. The second kappa shape index (κ2) is 11.0. The molecule has 0 heterocycles. The van der Waals surface area contributed by atoms with Gasteiger partial charge in [-0.2, -0.15) is 0 Å². The molecule has 0 aliphatic heterocycles. The molecule has 0 unspecified atom stereocenters. The topological polar surface area (TPSA) is 67.9 Å². The monoisotopic (exact) mass is 494 g/mol. The van der Waals surface area contributed by atoms with Gasteiger partial charge in [-0.1, -0.05) is 27.5 Å². The molecule has 0 saturated heterocycles. The summed E-state index contributed by atoms with van der Waals surface area (Å²) in [5.74, 6) is 0.342. The molecule has 0 saturated carbocycles. The van der Waals surface area contributed by atoms with Crippen LogP contribution in [0, 0.1) is 6.92 Å². The summed E-state index contributed by atoms with van der Waals surface area (Å²) in [5, 5.41) is 3.20. The van der Waals surface area contributed by atoms with Crippen LogP contribution in [0.25, 0.3) is 6.08 Å². The number of carbonyl (C=O) groups excluding carboxylic acids is 2. The van der Waals surface area contributed by atoms with Crippen molar-refractivity contribution in [3.63, 3.8) is 0 Å². The average molecular weight is 496 g/mol. The molecule has 2 aromatic carbocycles. The van der Waals surface area contributed by atoms with Gasteiger partial charge in [0.05, 0.1) is 25.3 Å². The molecule has 2 aromatic rings. The van der Waals surface area contributed by atoms with Crippen LogP contribution in [-0.4, -0.2) is 44.0 Å². The lowest BCUT2D eigenvalue weighted by molar-refractivity contribution is -0.129. The summed E-state index contributed by atoms with van der Waals surface area (Å²) in [6, 6.07) is 8.97. The number of hydrogen-bond acceptors (Lipinski definition) is 4.